The summed E-state index contributed by atoms with van der Waals surface area (Å²) in [5.74, 6) is -0.0845. The van der Waals surface area contributed by atoms with Gasteiger partial charge < -0.3 is 4.74 Å². The van der Waals surface area contributed by atoms with Gasteiger partial charge in [-0.25, -0.2) is 0 Å². The lowest BCUT2D eigenvalue weighted by Crippen LogP contribution is -2.46. The minimum atomic E-state index is -0.343. The van der Waals surface area contributed by atoms with Crippen LogP contribution < -0.4 is 5.32 Å². The Labute approximate surface area is 53.4 Å². The van der Waals surface area contributed by atoms with E-state index >= 15 is 0 Å². The first kappa shape index (κ1) is 5.23. The van der Waals surface area contributed by atoms with Crippen LogP contribution in [-0.4, -0.2) is 24.2 Å². The summed E-state index contributed by atoms with van der Waals surface area (Å²) >= 11 is 0. The number of fused-ring (bicyclic) bond motifs is 2. The van der Waals surface area contributed by atoms with Gasteiger partial charge in [0.25, 0.3) is 0 Å². The molecule has 0 spiro atoms. The molecule has 2 heterocycles. The van der Waals surface area contributed by atoms with Crippen LogP contribution in [0.1, 0.15) is 13.3 Å². The van der Waals surface area contributed by atoms with Gasteiger partial charge in [0, 0.05) is 13.0 Å². The van der Waals surface area contributed by atoms with E-state index in [0.29, 0.717) is 0 Å². The molecule has 0 aromatic carbocycles. The Balaban J connectivity index is 2.32. The predicted molar refractivity (Wildman–Crippen MR) is 30.9 cm³/mol. The van der Waals surface area contributed by atoms with Crippen molar-refractivity contribution < 1.29 is 9.53 Å². The minimum Gasteiger partial charge on any atom is -0.460 e. The summed E-state index contributed by atoms with van der Waals surface area (Å²) in [5.41, 5.74) is -0.343. The smallest absolute Gasteiger partial charge is 0.326 e. The molecule has 3 nitrogen and oxygen atoms in total. The van der Waals surface area contributed by atoms with Gasteiger partial charge in [0.1, 0.15) is 11.6 Å². The topological polar surface area (TPSA) is 38.3 Å². The molecule has 2 atom stereocenters. The number of ether oxygens (including phenoxy) is 1. The lowest BCUT2D eigenvalue weighted by atomic mass is 10.0. The second-order valence-corrected chi connectivity index (χ2v) is 2.94. The fraction of sp³-hybridized carbons (Fsp3) is 0.833. The molecule has 2 saturated heterocycles. The van der Waals surface area contributed by atoms with Crippen LogP contribution in [0.15, 0.2) is 0 Å². The minimum absolute atomic E-state index is 0.0845. The Bertz CT molecular complexity index is 168. The monoisotopic (exact) mass is 127 g/mol. The largest absolute Gasteiger partial charge is 0.460 e. The molecule has 0 aromatic rings. The summed E-state index contributed by atoms with van der Waals surface area (Å²) < 4.78 is 4.96. The highest BCUT2D eigenvalue weighted by molar-refractivity contribution is 5.83. The van der Waals surface area contributed by atoms with E-state index < -0.39 is 0 Å². The van der Waals surface area contributed by atoms with Crippen LogP contribution in [-0.2, 0) is 9.53 Å². The summed E-state index contributed by atoms with van der Waals surface area (Å²) in [6.45, 7) is 2.73. The van der Waals surface area contributed by atoms with E-state index in [9.17, 15) is 4.79 Å². The molecule has 3 heteroatoms. The quantitative estimate of drug-likeness (QED) is 0.452. The van der Waals surface area contributed by atoms with Gasteiger partial charge >= 0.3 is 5.97 Å². The normalized spacial score (nSPS) is 47.7. The molecule has 0 amide bonds. The zero-order valence-corrected chi connectivity index (χ0v) is 5.31. The van der Waals surface area contributed by atoms with Crippen molar-refractivity contribution in [1.82, 2.24) is 5.32 Å². The lowest BCUT2D eigenvalue weighted by Gasteiger charge is -2.18. The molecule has 50 valence electrons. The molecule has 2 aliphatic rings. The fourth-order valence-corrected chi connectivity index (χ4v) is 1.46. The molecule has 1 N–H and O–H groups in total. The highest BCUT2D eigenvalue weighted by atomic mass is 16.6. The lowest BCUT2D eigenvalue weighted by molar-refractivity contribution is -0.149. The molecular formula is C6H9NO2. The summed E-state index contributed by atoms with van der Waals surface area (Å²) in [5, 5.41) is 3.11. The third kappa shape index (κ3) is 0.525. The highest BCUT2D eigenvalue weighted by Crippen LogP contribution is 2.30. The molecule has 0 radical (unpaired) electrons. The third-order valence-electron chi connectivity index (χ3n) is 2.08. The molecule has 0 aromatic heterocycles. The molecule has 2 bridgehead atoms. The molecular weight excluding hydrogens is 118 g/mol. The number of carbonyl (C=O) groups is 1. The zero-order chi connectivity index (χ0) is 6.48. The van der Waals surface area contributed by atoms with E-state index in [4.69, 9.17) is 4.74 Å². The van der Waals surface area contributed by atoms with Crippen molar-refractivity contribution in [1.29, 1.82) is 0 Å². The SMILES string of the molecule is C[C@@]12C[C@@H](CN1)OC2=O. The maximum atomic E-state index is 10.9. The molecule has 0 aliphatic carbocycles. The Morgan fingerprint density at radius 1 is 1.89 bits per heavy atom. The van der Waals surface area contributed by atoms with Gasteiger partial charge in [-0.05, 0) is 6.92 Å². The van der Waals surface area contributed by atoms with Gasteiger partial charge in [0.2, 0.25) is 0 Å². The zero-order valence-electron chi connectivity index (χ0n) is 5.31. The van der Waals surface area contributed by atoms with Crippen LogP contribution in [0.25, 0.3) is 0 Å². The van der Waals surface area contributed by atoms with E-state index in [2.05, 4.69) is 5.32 Å². The number of hydrogen-bond donors (Lipinski definition) is 1. The molecule has 0 saturated carbocycles. The van der Waals surface area contributed by atoms with Gasteiger partial charge in [0.05, 0.1) is 0 Å². The molecule has 2 rings (SSSR count). The van der Waals surface area contributed by atoms with Crippen molar-refractivity contribution in [3.8, 4) is 0 Å². The Morgan fingerprint density at radius 3 is 2.89 bits per heavy atom. The van der Waals surface area contributed by atoms with Crippen LogP contribution in [0.3, 0.4) is 0 Å². The van der Waals surface area contributed by atoms with Crippen molar-refractivity contribution >= 4 is 5.97 Å². The first-order valence-corrected chi connectivity index (χ1v) is 3.17. The number of carbonyl (C=O) groups excluding carboxylic acids is 1. The van der Waals surface area contributed by atoms with E-state index in [1.807, 2.05) is 6.92 Å². The maximum absolute atomic E-state index is 10.9. The van der Waals surface area contributed by atoms with Gasteiger partial charge in [-0.3, -0.25) is 10.1 Å². The van der Waals surface area contributed by atoms with Crippen LogP contribution in [0.5, 0.6) is 0 Å². The van der Waals surface area contributed by atoms with Crippen molar-refractivity contribution in [3.63, 3.8) is 0 Å². The second-order valence-electron chi connectivity index (χ2n) is 2.94. The maximum Gasteiger partial charge on any atom is 0.326 e. The molecule has 2 aliphatic heterocycles. The van der Waals surface area contributed by atoms with E-state index in [0.717, 1.165) is 13.0 Å². The predicted octanol–water partition coefficient (Wildman–Crippen LogP) is -0.336. The summed E-state index contributed by atoms with van der Waals surface area (Å²) in [6.07, 6.45) is 1.01. The molecule has 2 fully saturated rings. The van der Waals surface area contributed by atoms with E-state index in [1.54, 1.807) is 0 Å². The number of morpholine rings is 1. The van der Waals surface area contributed by atoms with Crippen LogP contribution >= 0.6 is 0 Å². The first-order chi connectivity index (χ1) is 4.21. The van der Waals surface area contributed by atoms with E-state index in [1.165, 1.54) is 0 Å². The number of rotatable bonds is 0. The van der Waals surface area contributed by atoms with Crippen molar-refractivity contribution in [2.24, 2.45) is 0 Å². The van der Waals surface area contributed by atoms with Gasteiger partial charge in [-0.15, -0.1) is 0 Å². The average Bonchev–Trinajstić information content (AvgIpc) is 2.22. The van der Waals surface area contributed by atoms with Crippen molar-refractivity contribution in [2.75, 3.05) is 6.54 Å². The summed E-state index contributed by atoms with van der Waals surface area (Å²) in [7, 11) is 0. The molecule has 0 unspecified atom stereocenters. The van der Waals surface area contributed by atoms with Crippen molar-refractivity contribution in [3.05, 3.63) is 0 Å². The van der Waals surface area contributed by atoms with E-state index in [-0.39, 0.29) is 17.6 Å². The second kappa shape index (κ2) is 1.29. The summed E-state index contributed by atoms with van der Waals surface area (Å²) in [6, 6.07) is 0. The number of hydrogen-bond acceptors (Lipinski definition) is 3. The van der Waals surface area contributed by atoms with Crippen LogP contribution in [0.4, 0.5) is 0 Å². The summed E-state index contributed by atoms with van der Waals surface area (Å²) in [4.78, 5) is 10.9. The Hall–Kier alpha value is -0.570. The third-order valence-corrected chi connectivity index (χ3v) is 2.08. The number of nitrogens with one attached hydrogen (secondary N) is 1. The highest BCUT2D eigenvalue weighted by Gasteiger charge is 2.50. The molecule has 9 heavy (non-hydrogen) atoms. The Morgan fingerprint density at radius 2 is 2.67 bits per heavy atom. The Kier molecular flexibility index (Phi) is 0.750. The van der Waals surface area contributed by atoms with Crippen molar-refractivity contribution in [2.45, 2.75) is 25.0 Å². The fourth-order valence-electron chi connectivity index (χ4n) is 1.46. The van der Waals surface area contributed by atoms with Crippen LogP contribution in [0.2, 0.25) is 0 Å². The van der Waals surface area contributed by atoms with Crippen LogP contribution in [0, 0.1) is 0 Å². The van der Waals surface area contributed by atoms with Gasteiger partial charge in [-0.2, -0.15) is 0 Å². The number of esters is 1. The standard InChI is InChI=1S/C6H9NO2/c1-6-2-4(3-7-6)9-5(6)8/h4,7H,2-3H2,1H3/t4-,6-/m0/s1. The van der Waals surface area contributed by atoms with Gasteiger partial charge in [-0.1, -0.05) is 0 Å². The average molecular weight is 127 g/mol. The van der Waals surface area contributed by atoms with Gasteiger partial charge in [0.15, 0.2) is 0 Å². The first-order valence-electron chi connectivity index (χ1n) is 3.17.